The molecule has 2 amide bonds. The highest BCUT2D eigenvalue weighted by molar-refractivity contribution is 6.33. The molecule has 3 rings (SSSR count). The van der Waals surface area contributed by atoms with E-state index in [1.54, 1.807) is 74.5 Å². The van der Waals surface area contributed by atoms with E-state index in [1.165, 1.54) is 12.3 Å². The minimum absolute atomic E-state index is 0.116. The lowest BCUT2D eigenvalue weighted by Crippen LogP contribution is -2.19. The number of nitrogens with zero attached hydrogens (tertiary/aromatic N) is 1. The van der Waals surface area contributed by atoms with Gasteiger partial charge in [-0.25, -0.2) is 10.2 Å². The van der Waals surface area contributed by atoms with E-state index < -0.39 is 11.9 Å². The Morgan fingerprint density at radius 2 is 1.68 bits per heavy atom. The first kappa shape index (κ1) is 25.0. The molecule has 7 nitrogen and oxygen atoms in total. The fourth-order valence-corrected chi connectivity index (χ4v) is 3.10. The van der Waals surface area contributed by atoms with Crippen LogP contribution in [0, 0.1) is 5.92 Å². The third-order valence-electron chi connectivity index (χ3n) is 4.58. The number of carbonyl (C=O) groups is 3. The van der Waals surface area contributed by atoms with Crippen LogP contribution in [0.1, 0.15) is 40.1 Å². The number of amides is 2. The van der Waals surface area contributed by atoms with E-state index in [9.17, 15) is 14.4 Å². The van der Waals surface area contributed by atoms with Crippen molar-refractivity contribution in [2.45, 2.75) is 13.8 Å². The molecule has 9 heteroatoms. The zero-order valence-electron chi connectivity index (χ0n) is 18.3. The predicted molar refractivity (Wildman–Crippen MR) is 133 cm³/mol. The molecular formula is C25H21Cl2N3O4. The Balaban J connectivity index is 1.68. The third kappa shape index (κ3) is 6.66. The second kappa shape index (κ2) is 11.4. The largest absolute Gasteiger partial charge is 0.422 e. The molecule has 0 aliphatic heterocycles. The van der Waals surface area contributed by atoms with Crippen molar-refractivity contribution in [3.8, 4) is 5.75 Å². The van der Waals surface area contributed by atoms with Crippen LogP contribution >= 0.6 is 23.2 Å². The van der Waals surface area contributed by atoms with Crippen LogP contribution in [0.25, 0.3) is 0 Å². The van der Waals surface area contributed by atoms with Crippen LogP contribution in [0.2, 0.25) is 10.0 Å². The van der Waals surface area contributed by atoms with E-state index in [1.807, 2.05) is 0 Å². The number of ether oxygens (including phenoxy) is 1. The molecule has 3 aromatic rings. The van der Waals surface area contributed by atoms with Gasteiger partial charge in [-0.15, -0.1) is 0 Å². The van der Waals surface area contributed by atoms with Gasteiger partial charge >= 0.3 is 5.97 Å². The van der Waals surface area contributed by atoms with Crippen molar-refractivity contribution in [2.24, 2.45) is 11.0 Å². The zero-order chi connectivity index (χ0) is 24.7. The van der Waals surface area contributed by atoms with E-state index in [0.29, 0.717) is 21.8 Å². The maximum Gasteiger partial charge on any atom is 0.345 e. The summed E-state index contributed by atoms with van der Waals surface area (Å²) in [6, 6.07) is 17.5. The Bertz CT molecular complexity index is 1240. The molecule has 0 saturated carbocycles. The van der Waals surface area contributed by atoms with Crippen molar-refractivity contribution >= 4 is 52.9 Å². The average molecular weight is 498 g/mol. The second-order valence-electron chi connectivity index (χ2n) is 7.47. The Hall–Kier alpha value is -3.68. The van der Waals surface area contributed by atoms with Gasteiger partial charge in [0.2, 0.25) is 5.91 Å². The molecule has 3 aromatic carbocycles. The number of esters is 1. The SMILES string of the molecule is CC(C)C(=O)Nc1ccc(C(=O)N/N=C/c2cc(Cl)ccc2OC(=O)c2ccccc2Cl)cc1. The summed E-state index contributed by atoms with van der Waals surface area (Å²) in [6.07, 6.45) is 1.32. The number of rotatable bonds is 7. The van der Waals surface area contributed by atoms with Crippen LogP contribution in [0.3, 0.4) is 0 Å². The fraction of sp³-hybridized carbons (Fsp3) is 0.120. The summed E-state index contributed by atoms with van der Waals surface area (Å²) in [5, 5.41) is 7.35. The van der Waals surface area contributed by atoms with Gasteiger partial charge in [-0.3, -0.25) is 9.59 Å². The highest BCUT2D eigenvalue weighted by Gasteiger charge is 2.14. The lowest BCUT2D eigenvalue weighted by Gasteiger charge is -2.09. The molecule has 0 unspecified atom stereocenters. The molecule has 0 atom stereocenters. The van der Waals surface area contributed by atoms with Crippen molar-refractivity contribution in [1.82, 2.24) is 5.43 Å². The fourth-order valence-electron chi connectivity index (χ4n) is 2.71. The molecule has 0 radical (unpaired) electrons. The summed E-state index contributed by atoms with van der Waals surface area (Å²) in [5.74, 6) is -1.18. The van der Waals surface area contributed by atoms with Crippen molar-refractivity contribution < 1.29 is 19.1 Å². The maximum atomic E-state index is 12.5. The highest BCUT2D eigenvalue weighted by atomic mass is 35.5. The summed E-state index contributed by atoms with van der Waals surface area (Å²) < 4.78 is 5.45. The van der Waals surface area contributed by atoms with Gasteiger partial charge in [-0.1, -0.05) is 49.2 Å². The van der Waals surface area contributed by atoms with E-state index in [4.69, 9.17) is 27.9 Å². The number of benzene rings is 3. The number of hydrazone groups is 1. The lowest BCUT2D eigenvalue weighted by molar-refractivity contribution is -0.118. The maximum absolute atomic E-state index is 12.5. The number of halogens is 2. The molecule has 34 heavy (non-hydrogen) atoms. The number of hydrogen-bond donors (Lipinski definition) is 2. The first-order valence-corrected chi connectivity index (χ1v) is 11.0. The van der Waals surface area contributed by atoms with E-state index >= 15 is 0 Å². The Morgan fingerprint density at radius 1 is 0.971 bits per heavy atom. The van der Waals surface area contributed by atoms with Crippen molar-refractivity contribution in [1.29, 1.82) is 0 Å². The summed E-state index contributed by atoms with van der Waals surface area (Å²) >= 11 is 12.1. The molecule has 0 aromatic heterocycles. The number of nitrogens with one attached hydrogen (secondary N) is 2. The molecular weight excluding hydrogens is 477 g/mol. The van der Waals surface area contributed by atoms with Gasteiger partial charge in [0.25, 0.3) is 5.91 Å². The molecule has 174 valence electrons. The first-order chi connectivity index (χ1) is 16.2. The highest BCUT2D eigenvalue weighted by Crippen LogP contribution is 2.24. The monoisotopic (exact) mass is 497 g/mol. The minimum atomic E-state index is -0.642. The van der Waals surface area contributed by atoms with Crippen LogP contribution in [-0.4, -0.2) is 24.0 Å². The van der Waals surface area contributed by atoms with Crippen molar-refractivity contribution in [3.63, 3.8) is 0 Å². The standard InChI is InChI=1S/C25H21Cl2N3O4/c1-15(2)23(31)29-19-10-7-16(8-11-19)24(32)30-28-14-17-13-18(26)9-12-22(17)34-25(33)20-5-3-4-6-21(20)27/h3-15H,1-2H3,(H,29,31)(H,30,32)/b28-14+. The van der Waals surface area contributed by atoms with Crippen LogP contribution in [0.5, 0.6) is 5.75 Å². The quantitative estimate of drug-likeness (QED) is 0.193. The average Bonchev–Trinajstić information content (AvgIpc) is 2.81. The Labute approximate surface area is 206 Å². The van der Waals surface area contributed by atoms with Crippen molar-refractivity contribution in [2.75, 3.05) is 5.32 Å². The molecule has 0 bridgehead atoms. The van der Waals surface area contributed by atoms with Gasteiger partial charge in [-0.05, 0) is 54.6 Å². The smallest absolute Gasteiger partial charge is 0.345 e. The van der Waals surface area contributed by atoms with Gasteiger partial charge in [0, 0.05) is 27.8 Å². The first-order valence-electron chi connectivity index (χ1n) is 10.2. The molecule has 0 aliphatic rings. The second-order valence-corrected chi connectivity index (χ2v) is 8.32. The van der Waals surface area contributed by atoms with Gasteiger partial charge in [0.15, 0.2) is 0 Å². The lowest BCUT2D eigenvalue weighted by atomic mass is 10.1. The van der Waals surface area contributed by atoms with Gasteiger partial charge in [0.1, 0.15) is 5.75 Å². The van der Waals surface area contributed by atoms with Crippen LogP contribution < -0.4 is 15.5 Å². The Morgan fingerprint density at radius 3 is 2.35 bits per heavy atom. The Kier molecular flexibility index (Phi) is 8.40. The van der Waals surface area contributed by atoms with E-state index in [2.05, 4.69) is 15.8 Å². The zero-order valence-corrected chi connectivity index (χ0v) is 19.9. The molecule has 0 aliphatic carbocycles. The molecule has 0 saturated heterocycles. The van der Waals surface area contributed by atoms with Gasteiger partial charge in [0.05, 0.1) is 16.8 Å². The van der Waals surface area contributed by atoms with Gasteiger partial charge < -0.3 is 10.1 Å². The van der Waals surface area contributed by atoms with Crippen molar-refractivity contribution in [3.05, 3.63) is 93.5 Å². The number of anilines is 1. The van der Waals surface area contributed by atoms with Crippen LogP contribution in [-0.2, 0) is 4.79 Å². The normalized spacial score (nSPS) is 10.9. The molecule has 0 heterocycles. The van der Waals surface area contributed by atoms with Crippen LogP contribution in [0.4, 0.5) is 5.69 Å². The number of hydrogen-bond acceptors (Lipinski definition) is 5. The third-order valence-corrected chi connectivity index (χ3v) is 5.14. The van der Waals surface area contributed by atoms with E-state index in [0.717, 1.165) is 0 Å². The summed E-state index contributed by atoms with van der Waals surface area (Å²) in [6.45, 7) is 3.58. The summed E-state index contributed by atoms with van der Waals surface area (Å²) in [4.78, 5) is 36.6. The predicted octanol–water partition coefficient (Wildman–Crippen LogP) is 5.57. The summed E-state index contributed by atoms with van der Waals surface area (Å²) in [7, 11) is 0. The minimum Gasteiger partial charge on any atom is -0.422 e. The van der Waals surface area contributed by atoms with Gasteiger partial charge in [-0.2, -0.15) is 5.10 Å². The molecule has 0 spiro atoms. The topological polar surface area (TPSA) is 96.9 Å². The van der Waals surface area contributed by atoms with Crippen LogP contribution in [0.15, 0.2) is 71.8 Å². The molecule has 2 N–H and O–H groups in total. The van der Waals surface area contributed by atoms with E-state index in [-0.39, 0.29) is 28.2 Å². The summed E-state index contributed by atoms with van der Waals surface area (Å²) in [5.41, 5.74) is 3.92. The number of carbonyl (C=O) groups excluding carboxylic acids is 3. The molecule has 0 fully saturated rings.